The van der Waals surface area contributed by atoms with Gasteiger partial charge in [0.25, 0.3) is 0 Å². The quantitative estimate of drug-likeness (QED) is 0.604. The van der Waals surface area contributed by atoms with Gasteiger partial charge in [-0.1, -0.05) is 36.9 Å². The van der Waals surface area contributed by atoms with E-state index in [4.69, 9.17) is 4.74 Å². The number of benzene rings is 1. The normalized spacial score (nSPS) is 9.44. The van der Waals surface area contributed by atoms with Crippen LogP contribution < -0.4 is 0 Å². The third-order valence-electron chi connectivity index (χ3n) is 2.30. The summed E-state index contributed by atoms with van der Waals surface area (Å²) in [4.78, 5) is 23.8. The molecule has 0 unspecified atom stereocenters. The number of nitrogens with zero attached hydrogens (tertiary/aromatic N) is 1. The Balaban J connectivity index is 2.51. The molecule has 0 radical (unpaired) electrons. The van der Waals surface area contributed by atoms with Crippen LogP contribution in [0.25, 0.3) is 0 Å². The molecule has 0 aliphatic heterocycles. The molecule has 0 atom stereocenters. The molecule has 0 aromatic heterocycles. The molecule has 18 heavy (non-hydrogen) atoms. The number of amides is 1. The van der Waals surface area contributed by atoms with Crippen molar-refractivity contribution < 1.29 is 19.1 Å². The van der Waals surface area contributed by atoms with E-state index in [-0.39, 0.29) is 12.3 Å². The van der Waals surface area contributed by atoms with Crippen molar-refractivity contribution in [2.45, 2.75) is 6.61 Å². The van der Waals surface area contributed by atoms with Crippen molar-refractivity contribution >= 4 is 12.1 Å². The highest BCUT2D eigenvalue weighted by molar-refractivity contribution is 5.91. The summed E-state index contributed by atoms with van der Waals surface area (Å²) in [5.41, 5.74) is 0.790. The number of carbonyl (C=O) groups excluding carboxylic acids is 2. The van der Waals surface area contributed by atoms with Gasteiger partial charge in [0.05, 0.1) is 7.11 Å². The van der Waals surface area contributed by atoms with Gasteiger partial charge < -0.3 is 9.47 Å². The fraction of sp³-hybridized carbons (Fsp3) is 0.231. The summed E-state index contributed by atoms with van der Waals surface area (Å²) in [6.45, 7) is 3.59. The Kier molecular flexibility index (Phi) is 4.92. The van der Waals surface area contributed by atoms with Gasteiger partial charge in [-0.15, -0.1) is 0 Å². The molecule has 0 N–H and O–H groups in total. The van der Waals surface area contributed by atoms with Crippen LogP contribution in [-0.4, -0.2) is 31.1 Å². The van der Waals surface area contributed by atoms with Crippen molar-refractivity contribution in [1.82, 2.24) is 4.90 Å². The molecule has 1 rings (SSSR count). The van der Waals surface area contributed by atoms with Crippen LogP contribution >= 0.6 is 0 Å². The first kappa shape index (κ1) is 13.8. The molecule has 0 saturated carbocycles. The molecule has 1 aromatic rings. The minimum absolute atomic E-state index is 0.0736. The van der Waals surface area contributed by atoms with Crippen molar-refractivity contribution in [3.8, 4) is 0 Å². The first-order valence-corrected chi connectivity index (χ1v) is 5.28. The Labute approximate surface area is 106 Å². The molecule has 0 fully saturated rings. The molecule has 0 spiro atoms. The summed E-state index contributed by atoms with van der Waals surface area (Å²) < 4.78 is 9.48. The average molecular weight is 249 g/mol. The molecule has 1 aromatic carbocycles. The number of ether oxygens (including phenoxy) is 2. The molecule has 0 aliphatic carbocycles. The second kappa shape index (κ2) is 6.44. The van der Waals surface area contributed by atoms with E-state index in [2.05, 4.69) is 11.3 Å². The van der Waals surface area contributed by atoms with E-state index in [1.807, 2.05) is 30.3 Å². The van der Waals surface area contributed by atoms with Crippen molar-refractivity contribution in [3.05, 3.63) is 48.2 Å². The molecule has 5 nitrogen and oxygen atoms in total. The van der Waals surface area contributed by atoms with Crippen LogP contribution in [0.4, 0.5) is 4.79 Å². The number of rotatable bonds is 4. The van der Waals surface area contributed by atoms with Crippen molar-refractivity contribution in [2.24, 2.45) is 0 Å². The summed E-state index contributed by atoms with van der Waals surface area (Å²) in [5.74, 6) is -0.672. The maximum Gasteiger partial charge on any atom is 0.414 e. The first-order chi connectivity index (χ1) is 8.56. The minimum atomic E-state index is -0.672. The van der Waals surface area contributed by atoms with E-state index in [1.54, 1.807) is 0 Å². The van der Waals surface area contributed by atoms with Crippen LogP contribution in [-0.2, 0) is 20.9 Å². The van der Waals surface area contributed by atoms with Crippen LogP contribution in [0, 0.1) is 0 Å². The highest BCUT2D eigenvalue weighted by atomic mass is 16.6. The minimum Gasteiger partial charge on any atom is -0.464 e. The number of carbonyl (C=O) groups is 2. The summed E-state index contributed by atoms with van der Waals surface area (Å²) in [5, 5.41) is 0. The van der Waals surface area contributed by atoms with E-state index in [0.29, 0.717) is 0 Å². The summed E-state index contributed by atoms with van der Waals surface area (Å²) >= 11 is 0. The van der Waals surface area contributed by atoms with Gasteiger partial charge >= 0.3 is 12.1 Å². The lowest BCUT2D eigenvalue weighted by atomic mass is 10.2. The Morgan fingerprint density at radius 1 is 1.28 bits per heavy atom. The van der Waals surface area contributed by atoms with Crippen LogP contribution in [0.5, 0.6) is 0 Å². The number of hydrogen-bond donors (Lipinski definition) is 0. The molecular formula is C13H15NO4. The van der Waals surface area contributed by atoms with Gasteiger partial charge in [-0.3, -0.25) is 4.90 Å². The lowest BCUT2D eigenvalue weighted by Gasteiger charge is -2.17. The van der Waals surface area contributed by atoms with Crippen molar-refractivity contribution in [3.63, 3.8) is 0 Å². The van der Waals surface area contributed by atoms with E-state index in [1.165, 1.54) is 14.2 Å². The van der Waals surface area contributed by atoms with Gasteiger partial charge in [-0.25, -0.2) is 9.59 Å². The maximum atomic E-state index is 11.6. The van der Waals surface area contributed by atoms with Crippen LogP contribution in [0.3, 0.4) is 0 Å². The van der Waals surface area contributed by atoms with Crippen molar-refractivity contribution in [2.75, 3.05) is 14.2 Å². The average Bonchev–Trinajstić information content (AvgIpc) is 2.43. The highest BCUT2D eigenvalue weighted by Crippen LogP contribution is 2.06. The molecule has 5 heteroatoms. The van der Waals surface area contributed by atoms with Gasteiger partial charge in [0.1, 0.15) is 12.3 Å². The van der Waals surface area contributed by atoms with E-state index >= 15 is 0 Å². The van der Waals surface area contributed by atoms with E-state index < -0.39 is 12.1 Å². The first-order valence-electron chi connectivity index (χ1n) is 5.28. The highest BCUT2D eigenvalue weighted by Gasteiger charge is 2.19. The lowest BCUT2D eigenvalue weighted by molar-refractivity contribution is -0.137. The second-order valence-electron chi connectivity index (χ2n) is 3.54. The molecule has 0 saturated heterocycles. The fourth-order valence-corrected chi connectivity index (χ4v) is 1.18. The third kappa shape index (κ3) is 3.62. The Morgan fingerprint density at radius 3 is 2.44 bits per heavy atom. The number of methoxy groups -OCH3 is 1. The standard InChI is InChI=1S/C13H15NO4/c1-10(12(15)17-3)14(2)13(16)18-9-11-7-5-4-6-8-11/h4-8H,1,9H2,2-3H3. The van der Waals surface area contributed by atoms with Gasteiger partial charge in [0, 0.05) is 7.05 Å². The fourth-order valence-electron chi connectivity index (χ4n) is 1.18. The summed E-state index contributed by atoms with van der Waals surface area (Å²) in [6, 6.07) is 9.24. The zero-order chi connectivity index (χ0) is 13.5. The van der Waals surface area contributed by atoms with Gasteiger partial charge in [-0.05, 0) is 5.56 Å². The number of likely N-dealkylation sites (N-methyl/N-ethyl adjacent to an activating group) is 1. The topological polar surface area (TPSA) is 55.8 Å². The largest absolute Gasteiger partial charge is 0.464 e. The monoisotopic (exact) mass is 249 g/mol. The lowest BCUT2D eigenvalue weighted by Crippen LogP contribution is -2.30. The maximum absolute atomic E-state index is 11.6. The van der Waals surface area contributed by atoms with Gasteiger partial charge in [0.15, 0.2) is 0 Å². The Bertz CT molecular complexity index is 442. The van der Waals surface area contributed by atoms with Crippen LogP contribution in [0.2, 0.25) is 0 Å². The third-order valence-corrected chi connectivity index (χ3v) is 2.30. The number of hydrogen-bond acceptors (Lipinski definition) is 4. The zero-order valence-electron chi connectivity index (χ0n) is 10.4. The summed E-state index contributed by atoms with van der Waals surface area (Å²) in [7, 11) is 2.61. The predicted octanol–water partition coefficient (Wildman–Crippen LogP) is 1.94. The SMILES string of the molecule is C=C(C(=O)OC)N(C)C(=O)OCc1ccccc1. The Morgan fingerprint density at radius 2 is 1.89 bits per heavy atom. The summed E-state index contributed by atoms with van der Waals surface area (Å²) in [6.07, 6.45) is -0.658. The smallest absolute Gasteiger partial charge is 0.414 e. The van der Waals surface area contributed by atoms with Gasteiger partial charge in [-0.2, -0.15) is 0 Å². The van der Waals surface area contributed by atoms with E-state index in [0.717, 1.165) is 10.5 Å². The van der Waals surface area contributed by atoms with Crippen molar-refractivity contribution in [1.29, 1.82) is 0 Å². The molecule has 1 amide bonds. The molecular weight excluding hydrogens is 234 g/mol. The van der Waals surface area contributed by atoms with Crippen LogP contribution in [0.15, 0.2) is 42.6 Å². The molecule has 96 valence electrons. The van der Waals surface area contributed by atoms with E-state index in [9.17, 15) is 9.59 Å². The number of esters is 1. The molecule has 0 bridgehead atoms. The second-order valence-corrected chi connectivity index (χ2v) is 3.54. The zero-order valence-corrected chi connectivity index (χ0v) is 10.4. The Hall–Kier alpha value is -2.30. The predicted molar refractivity (Wildman–Crippen MR) is 65.5 cm³/mol. The molecule has 0 aliphatic rings. The molecule has 0 heterocycles. The van der Waals surface area contributed by atoms with Crippen LogP contribution in [0.1, 0.15) is 5.56 Å². The van der Waals surface area contributed by atoms with Gasteiger partial charge in [0.2, 0.25) is 0 Å².